The molecule has 4 rings (SSSR count). The van der Waals surface area contributed by atoms with Crippen LogP contribution in [-0.2, 0) is 16.2 Å². The highest BCUT2D eigenvalue weighted by Gasteiger charge is 2.18. The fourth-order valence-electron chi connectivity index (χ4n) is 4.50. The van der Waals surface area contributed by atoms with E-state index in [0.717, 1.165) is 58.9 Å². The molecule has 5 nitrogen and oxygen atoms in total. The van der Waals surface area contributed by atoms with E-state index in [2.05, 4.69) is 35.7 Å². The Bertz CT molecular complexity index is 1490. The van der Waals surface area contributed by atoms with E-state index in [0.29, 0.717) is 27.6 Å². The molecule has 186 valence electrons. The van der Waals surface area contributed by atoms with Crippen molar-refractivity contribution < 1.29 is 14.4 Å². The van der Waals surface area contributed by atoms with Gasteiger partial charge < -0.3 is 9.40 Å². The molecule has 0 unspecified atom stereocenters. The van der Waals surface area contributed by atoms with Crippen LogP contribution in [-0.4, -0.2) is 22.0 Å². The molecule has 0 aliphatic rings. The lowest BCUT2D eigenvalue weighted by atomic mass is 9.99. The molecule has 0 aliphatic heterocycles. The SMILES string of the molecule is CCCCC/C(=N\OC(C)=O)c1ccc2c(c1)c1cc(C(=O)c3ccc(Cl)cc3Cl)ccc1n2CC. The summed E-state index contributed by atoms with van der Waals surface area (Å²) < 4.78 is 2.22. The number of hydrogen-bond donors (Lipinski definition) is 0. The summed E-state index contributed by atoms with van der Waals surface area (Å²) in [6.07, 6.45) is 3.80. The van der Waals surface area contributed by atoms with E-state index >= 15 is 0 Å². The molecule has 7 heteroatoms. The number of ketones is 1. The second-order valence-electron chi connectivity index (χ2n) is 8.74. The highest BCUT2D eigenvalue weighted by Crippen LogP contribution is 2.32. The van der Waals surface area contributed by atoms with Crippen molar-refractivity contribution in [3.63, 3.8) is 0 Å². The van der Waals surface area contributed by atoms with Crippen LogP contribution < -0.4 is 0 Å². The Morgan fingerprint density at radius 3 is 2.17 bits per heavy atom. The molecule has 4 aromatic rings. The molecule has 0 saturated carbocycles. The van der Waals surface area contributed by atoms with Gasteiger partial charge in [0.05, 0.1) is 10.7 Å². The van der Waals surface area contributed by atoms with Gasteiger partial charge in [-0.3, -0.25) is 4.79 Å². The molecule has 36 heavy (non-hydrogen) atoms. The maximum atomic E-state index is 13.3. The summed E-state index contributed by atoms with van der Waals surface area (Å²) in [6.45, 7) is 6.36. The minimum Gasteiger partial charge on any atom is -0.341 e. The van der Waals surface area contributed by atoms with E-state index < -0.39 is 5.97 Å². The summed E-state index contributed by atoms with van der Waals surface area (Å²) in [5, 5.41) is 6.94. The largest absolute Gasteiger partial charge is 0.341 e. The molecular formula is C29H28Cl2N2O3. The molecule has 3 aromatic carbocycles. The zero-order valence-corrected chi connectivity index (χ0v) is 22.1. The number of nitrogens with zero attached hydrogens (tertiary/aromatic N) is 2. The van der Waals surface area contributed by atoms with Crippen LogP contribution >= 0.6 is 23.2 Å². The molecule has 0 N–H and O–H groups in total. The van der Waals surface area contributed by atoms with E-state index in [1.807, 2.05) is 24.3 Å². The number of oxime groups is 1. The Balaban J connectivity index is 1.84. The molecule has 0 saturated heterocycles. The minimum absolute atomic E-state index is 0.163. The first-order valence-electron chi connectivity index (χ1n) is 12.1. The minimum atomic E-state index is -0.448. The van der Waals surface area contributed by atoms with Gasteiger partial charge in [0.2, 0.25) is 0 Å². The number of hydrogen-bond acceptors (Lipinski definition) is 4. The van der Waals surface area contributed by atoms with E-state index in [1.165, 1.54) is 6.92 Å². The third kappa shape index (κ3) is 5.32. The van der Waals surface area contributed by atoms with E-state index in [9.17, 15) is 9.59 Å². The lowest BCUT2D eigenvalue weighted by molar-refractivity contribution is -0.140. The summed E-state index contributed by atoms with van der Waals surface area (Å²) in [5.41, 5.74) is 4.68. The maximum absolute atomic E-state index is 13.3. The van der Waals surface area contributed by atoms with Crippen LogP contribution in [0.2, 0.25) is 10.0 Å². The highest BCUT2D eigenvalue weighted by molar-refractivity contribution is 6.37. The van der Waals surface area contributed by atoms with Crippen molar-refractivity contribution in [2.75, 3.05) is 0 Å². The predicted molar refractivity (Wildman–Crippen MR) is 147 cm³/mol. The lowest BCUT2D eigenvalue weighted by Crippen LogP contribution is -2.04. The summed E-state index contributed by atoms with van der Waals surface area (Å²) in [5.74, 6) is -0.612. The van der Waals surface area contributed by atoms with Crippen LogP contribution in [0.5, 0.6) is 0 Å². The van der Waals surface area contributed by atoms with Crippen LogP contribution in [0.15, 0.2) is 59.8 Å². The van der Waals surface area contributed by atoms with Crippen LogP contribution in [0.25, 0.3) is 21.8 Å². The number of halogens is 2. The Hall–Kier alpha value is -3.15. The second-order valence-corrected chi connectivity index (χ2v) is 9.58. The average Bonchev–Trinajstić information content (AvgIpc) is 3.17. The van der Waals surface area contributed by atoms with Gasteiger partial charge in [-0.15, -0.1) is 0 Å². The summed E-state index contributed by atoms with van der Waals surface area (Å²) in [7, 11) is 0. The van der Waals surface area contributed by atoms with Crippen molar-refractivity contribution in [1.29, 1.82) is 0 Å². The van der Waals surface area contributed by atoms with Crippen LogP contribution in [0.4, 0.5) is 0 Å². The highest BCUT2D eigenvalue weighted by atomic mass is 35.5. The number of benzene rings is 3. The zero-order valence-electron chi connectivity index (χ0n) is 20.6. The topological polar surface area (TPSA) is 60.7 Å². The smallest absolute Gasteiger partial charge is 0.331 e. The fourth-order valence-corrected chi connectivity index (χ4v) is 4.99. The van der Waals surface area contributed by atoms with E-state index in [4.69, 9.17) is 28.0 Å². The van der Waals surface area contributed by atoms with Gasteiger partial charge in [-0.2, -0.15) is 0 Å². The summed E-state index contributed by atoms with van der Waals surface area (Å²) >= 11 is 12.3. The molecule has 0 bridgehead atoms. The monoisotopic (exact) mass is 522 g/mol. The molecule has 0 amide bonds. The molecule has 0 fully saturated rings. The van der Waals surface area contributed by atoms with Crippen LogP contribution in [0, 0.1) is 0 Å². The molecule has 0 atom stereocenters. The average molecular weight is 523 g/mol. The first-order valence-corrected chi connectivity index (χ1v) is 12.9. The Morgan fingerprint density at radius 2 is 1.56 bits per heavy atom. The molecule has 1 heterocycles. The maximum Gasteiger partial charge on any atom is 0.331 e. The van der Waals surface area contributed by atoms with Gasteiger partial charge in [-0.05, 0) is 68.3 Å². The Kier molecular flexibility index (Phi) is 8.12. The Labute approximate surface area is 220 Å². The van der Waals surface area contributed by atoms with Crippen molar-refractivity contribution in [2.45, 2.75) is 53.0 Å². The number of carbonyl (C=O) groups excluding carboxylic acids is 2. The normalized spacial score (nSPS) is 11.9. The number of unbranched alkanes of at least 4 members (excludes halogenated alkanes) is 2. The van der Waals surface area contributed by atoms with Crippen molar-refractivity contribution in [3.8, 4) is 0 Å². The van der Waals surface area contributed by atoms with Crippen molar-refractivity contribution in [1.82, 2.24) is 4.57 Å². The molecule has 0 spiro atoms. The quantitative estimate of drug-likeness (QED) is 0.0731. The van der Waals surface area contributed by atoms with Gasteiger partial charge >= 0.3 is 5.97 Å². The lowest BCUT2D eigenvalue weighted by Gasteiger charge is -2.07. The van der Waals surface area contributed by atoms with Crippen molar-refractivity contribution in [2.24, 2.45) is 5.16 Å². The van der Waals surface area contributed by atoms with Gasteiger partial charge in [0, 0.05) is 57.0 Å². The molecule has 0 radical (unpaired) electrons. The van der Waals surface area contributed by atoms with Gasteiger partial charge in [0.1, 0.15) is 0 Å². The van der Waals surface area contributed by atoms with Crippen LogP contribution in [0.1, 0.15) is 67.9 Å². The standard InChI is InChI=1S/C29H28Cl2N2O3/c1-4-6-7-8-26(32-36-18(3)34)19-9-13-27-23(15-19)24-16-20(10-14-28(24)33(27)5-2)29(35)22-12-11-21(30)17-25(22)31/h9-17H,4-8H2,1-3H3/b32-26+. The van der Waals surface area contributed by atoms with E-state index in [-0.39, 0.29) is 5.78 Å². The first kappa shape index (κ1) is 25.9. The van der Waals surface area contributed by atoms with E-state index in [1.54, 1.807) is 18.2 Å². The predicted octanol–water partition coefficient (Wildman–Crippen LogP) is 8.20. The third-order valence-corrected chi connectivity index (χ3v) is 6.80. The van der Waals surface area contributed by atoms with Crippen molar-refractivity contribution >= 4 is 62.5 Å². The van der Waals surface area contributed by atoms with Crippen LogP contribution in [0.3, 0.4) is 0 Å². The molecule has 1 aromatic heterocycles. The third-order valence-electron chi connectivity index (χ3n) is 6.25. The van der Waals surface area contributed by atoms with Gasteiger partial charge in [0.15, 0.2) is 5.78 Å². The fraction of sp³-hybridized carbons (Fsp3) is 0.276. The number of aromatic nitrogens is 1. The number of fused-ring (bicyclic) bond motifs is 3. The first-order chi connectivity index (χ1) is 17.3. The molecular weight excluding hydrogens is 495 g/mol. The Morgan fingerprint density at radius 1 is 0.889 bits per heavy atom. The second kappa shape index (κ2) is 11.3. The zero-order chi connectivity index (χ0) is 25.8. The summed E-state index contributed by atoms with van der Waals surface area (Å²) in [6, 6.07) is 16.8. The number of carbonyl (C=O) groups is 2. The van der Waals surface area contributed by atoms with Gasteiger partial charge in [0.25, 0.3) is 0 Å². The molecule has 0 aliphatic carbocycles. The van der Waals surface area contributed by atoms with Gasteiger partial charge in [-0.25, -0.2) is 4.79 Å². The number of aryl methyl sites for hydroxylation is 1. The summed E-state index contributed by atoms with van der Waals surface area (Å²) in [4.78, 5) is 29.7. The number of rotatable bonds is 9. The van der Waals surface area contributed by atoms with Crippen molar-refractivity contribution in [3.05, 3.63) is 81.3 Å². The van der Waals surface area contributed by atoms with Gasteiger partial charge in [-0.1, -0.05) is 54.2 Å².